The maximum absolute atomic E-state index is 12.6. The molecule has 7 heteroatoms. The SMILES string of the molecule is CCCCOc1ccc(C2NC(=O)C(C#N)=C(S)N2c2ccc(C(C)C)cc2)cc1OC. The second-order valence-corrected chi connectivity index (χ2v) is 8.34. The van der Waals surface area contributed by atoms with Gasteiger partial charge in [0.05, 0.1) is 18.7 Å². The largest absolute Gasteiger partial charge is 0.493 e. The van der Waals surface area contributed by atoms with E-state index in [1.165, 1.54) is 5.56 Å². The van der Waals surface area contributed by atoms with Gasteiger partial charge in [-0.1, -0.05) is 45.4 Å². The van der Waals surface area contributed by atoms with Gasteiger partial charge in [0.15, 0.2) is 11.5 Å². The average molecular weight is 452 g/mol. The molecule has 1 N–H and O–H groups in total. The second-order valence-electron chi connectivity index (χ2n) is 7.91. The Hall–Kier alpha value is -3.11. The number of methoxy groups -OCH3 is 1. The molecule has 1 unspecified atom stereocenters. The minimum absolute atomic E-state index is 0.0241. The first kappa shape index (κ1) is 23.6. The summed E-state index contributed by atoms with van der Waals surface area (Å²) in [7, 11) is 1.59. The number of hydrogen-bond acceptors (Lipinski definition) is 6. The van der Waals surface area contributed by atoms with Crippen LogP contribution < -0.4 is 19.7 Å². The highest BCUT2D eigenvalue weighted by molar-refractivity contribution is 7.84. The van der Waals surface area contributed by atoms with E-state index in [0.29, 0.717) is 29.1 Å². The number of ether oxygens (including phenoxy) is 2. The van der Waals surface area contributed by atoms with Crippen LogP contribution in [0.2, 0.25) is 0 Å². The first-order chi connectivity index (χ1) is 15.4. The summed E-state index contributed by atoms with van der Waals surface area (Å²) < 4.78 is 11.4. The van der Waals surface area contributed by atoms with Gasteiger partial charge in [-0.05, 0) is 47.7 Å². The normalized spacial score (nSPS) is 16.1. The molecule has 2 aromatic carbocycles. The van der Waals surface area contributed by atoms with Gasteiger partial charge in [0, 0.05) is 5.69 Å². The van der Waals surface area contributed by atoms with E-state index in [0.717, 1.165) is 24.1 Å². The molecule has 0 saturated carbocycles. The molecule has 2 aromatic rings. The number of nitrogens with zero attached hydrogens (tertiary/aromatic N) is 2. The van der Waals surface area contributed by atoms with Gasteiger partial charge in [-0.2, -0.15) is 5.26 Å². The highest BCUT2D eigenvalue weighted by Gasteiger charge is 2.34. The number of amides is 1. The van der Waals surface area contributed by atoms with Crippen LogP contribution in [0.1, 0.15) is 56.8 Å². The van der Waals surface area contributed by atoms with Crippen LogP contribution in [0.3, 0.4) is 0 Å². The van der Waals surface area contributed by atoms with Crippen LogP contribution >= 0.6 is 12.6 Å². The number of rotatable bonds is 8. The third kappa shape index (κ3) is 4.86. The van der Waals surface area contributed by atoms with Crippen molar-refractivity contribution in [3.8, 4) is 17.6 Å². The van der Waals surface area contributed by atoms with Gasteiger partial charge < -0.3 is 19.7 Å². The van der Waals surface area contributed by atoms with Crippen molar-refractivity contribution in [3.63, 3.8) is 0 Å². The molecule has 0 aromatic heterocycles. The van der Waals surface area contributed by atoms with E-state index in [9.17, 15) is 10.1 Å². The van der Waals surface area contributed by atoms with Crippen LogP contribution in [0.15, 0.2) is 53.1 Å². The summed E-state index contributed by atoms with van der Waals surface area (Å²) in [5.74, 6) is 1.17. The Morgan fingerprint density at radius 1 is 1.19 bits per heavy atom. The topological polar surface area (TPSA) is 74.6 Å². The number of unbranched alkanes of at least 4 members (excludes halogenated alkanes) is 1. The molecule has 1 amide bonds. The van der Waals surface area contributed by atoms with Crippen molar-refractivity contribution in [1.29, 1.82) is 5.26 Å². The van der Waals surface area contributed by atoms with Crippen LogP contribution in [0, 0.1) is 11.3 Å². The first-order valence-electron chi connectivity index (χ1n) is 10.7. The number of nitrogens with one attached hydrogen (secondary N) is 1. The Morgan fingerprint density at radius 3 is 2.50 bits per heavy atom. The molecule has 1 heterocycles. The number of hydrogen-bond donors (Lipinski definition) is 2. The molecule has 6 nitrogen and oxygen atoms in total. The molecular weight excluding hydrogens is 422 g/mol. The van der Waals surface area contributed by atoms with E-state index in [2.05, 4.69) is 38.7 Å². The van der Waals surface area contributed by atoms with Gasteiger partial charge in [0.2, 0.25) is 0 Å². The van der Waals surface area contributed by atoms with Gasteiger partial charge in [-0.25, -0.2) is 0 Å². The lowest BCUT2D eigenvalue weighted by Gasteiger charge is -2.38. The molecule has 0 spiro atoms. The fourth-order valence-corrected chi connectivity index (χ4v) is 3.91. The van der Waals surface area contributed by atoms with Crippen LogP contribution in [-0.4, -0.2) is 19.6 Å². The summed E-state index contributed by atoms with van der Waals surface area (Å²) in [4.78, 5) is 14.5. The van der Waals surface area contributed by atoms with Crippen molar-refractivity contribution in [1.82, 2.24) is 5.32 Å². The quantitative estimate of drug-likeness (QED) is 0.421. The molecule has 32 heavy (non-hydrogen) atoms. The van der Waals surface area contributed by atoms with Crippen LogP contribution in [0.4, 0.5) is 5.69 Å². The number of thiol groups is 1. The van der Waals surface area contributed by atoms with Crippen molar-refractivity contribution in [2.24, 2.45) is 0 Å². The smallest absolute Gasteiger partial charge is 0.266 e. The predicted octanol–water partition coefficient (Wildman–Crippen LogP) is 5.30. The van der Waals surface area contributed by atoms with E-state index >= 15 is 0 Å². The van der Waals surface area contributed by atoms with Crippen molar-refractivity contribution in [2.75, 3.05) is 18.6 Å². The summed E-state index contributed by atoms with van der Waals surface area (Å²) in [6.07, 6.45) is 1.43. The molecule has 1 atom stereocenters. The summed E-state index contributed by atoms with van der Waals surface area (Å²) in [5, 5.41) is 12.8. The summed E-state index contributed by atoms with van der Waals surface area (Å²) in [5.41, 5.74) is 2.78. The maximum atomic E-state index is 12.6. The predicted molar refractivity (Wildman–Crippen MR) is 129 cm³/mol. The highest BCUT2D eigenvalue weighted by Crippen LogP contribution is 2.39. The second kappa shape index (κ2) is 10.5. The van der Waals surface area contributed by atoms with E-state index < -0.39 is 12.1 Å². The zero-order chi connectivity index (χ0) is 23.3. The van der Waals surface area contributed by atoms with Crippen molar-refractivity contribution >= 4 is 24.2 Å². The molecule has 0 aliphatic carbocycles. The lowest BCUT2D eigenvalue weighted by molar-refractivity contribution is -0.118. The van der Waals surface area contributed by atoms with Crippen molar-refractivity contribution in [3.05, 3.63) is 64.2 Å². The molecular formula is C25H29N3O3S. The summed E-state index contributed by atoms with van der Waals surface area (Å²) >= 11 is 4.57. The Morgan fingerprint density at radius 2 is 1.91 bits per heavy atom. The fourth-order valence-electron chi connectivity index (χ4n) is 3.53. The highest BCUT2D eigenvalue weighted by atomic mass is 32.1. The monoisotopic (exact) mass is 451 g/mol. The van der Waals surface area contributed by atoms with Gasteiger partial charge in [-0.3, -0.25) is 4.79 Å². The number of benzene rings is 2. The molecule has 0 saturated heterocycles. The molecule has 1 aliphatic rings. The van der Waals surface area contributed by atoms with Gasteiger partial charge in [-0.15, -0.1) is 12.6 Å². The van der Waals surface area contributed by atoms with Gasteiger partial charge in [0.1, 0.15) is 17.8 Å². The maximum Gasteiger partial charge on any atom is 0.266 e. The Balaban J connectivity index is 2.04. The Labute approximate surface area is 195 Å². The lowest BCUT2D eigenvalue weighted by atomic mass is 10.0. The summed E-state index contributed by atoms with van der Waals surface area (Å²) in [6.45, 7) is 6.98. The molecule has 1 aliphatic heterocycles. The first-order valence-corrected chi connectivity index (χ1v) is 11.2. The molecule has 0 bridgehead atoms. The number of nitriles is 1. The lowest BCUT2D eigenvalue weighted by Crippen LogP contribution is -2.46. The number of carbonyl (C=O) groups is 1. The minimum atomic E-state index is -0.560. The minimum Gasteiger partial charge on any atom is -0.493 e. The Kier molecular flexibility index (Phi) is 7.70. The molecule has 0 fully saturated rings. The van der Waals surface area contributed by atoms with E-state index in [1.807, 2.05) is 53.4 Å². The van der Waals surface area contributed by atoms with Crippen LogP contribution in [0.25, 0.3) is 0 Å². The standard InChI is InChI=1S/C25H29N3O3S/c1-5-6-13-31-21-12-9-18(14-22(21)30-4)23-27-24(29)20(15-26)25(32)28(23)19-10-7-17(8-11-19)16(2)3/h7-12,14,16,23,32H,5-6,13H2,1-4H3,(H,27,29). The zero-order valence-corrected chi connectivity index (χ0v) is 19.8. The fraction of sp³-hybridized carbons (Fsp3) is 0.360. The van der Waals surface area contributed by atoms with Gasteiger partial charge >= 0.3 is 0 Å². The molecule has 3 rings (SSSR count). The number of carbonyl (C=O) groups excluding carboxylic acids is 1. The third-order valence-electron chi connectivity index (χ3n) is 5.41. The number of anilines is 1. The van der Waals surface area contributed by atoms with Crippen LogP contribution in [0.5, 0.6) is 11.5 Å². The van der Waals surface area contributed by atoms with Crippen molar-refractivity contribution in [2.45, 2.75) is 45.7 Å². The molecule has 168 valence electrons. The van der Waals surface area contributed by atoms with Crippen LogP contribution in [-0.2, 0) is 4.79 Å². The third-order valence-corrected chi connectivity index (χ3v) is 5.85. The van der Waals surface area contributed by atoms with E-state index in [-0.39, 0.29) is 5.57 Å². The zero-order valence-electron chi connectivity index (χ0n) is 18.9. The average Bonchev–Trinajstić information content (AvgIpc) is 2.79. The van der Waals surface area contributed by atoms with E-state index in [1.54, 1.807) is 7.11 Å². The van der Waals surface area contributed by atoms with Crippen molar-refractivity contribution < 1.29 is 14.3 Å². The van der Waals surface area contributed by atoms with E-state index in [4.69, 9.17) is 9.47 Å². The summed E-state index contributed by atoms with van der Waals surface area (Å²) in [6, 6.07) is 15.6. The van der Waals surface area contributed by atoms with Gasteiger partial charge in [0.25, 0.3) is 5.91 Å². The Bertz CT molecular complexity index is 1040. The molecule has 0 radical (unpaired) electrons.